The van der Waals surface area contributed by atoms with Gasteiger partial charge >= 0.3 is 0 Å². The van der Waals surface area contributed by atoms with E-state index >= 15 is 0 Å². The number of unbranched alkanes of at least 4 members (excludes halogenated alkanes) is 1. The average molecular weight is 300 g/mol. The van der Waals surface area contributed by atoms with E-state index in [-0.39, 0.29) is 5.91 Å². The van der Waals surface area contributed by atoms with E-state index in [2.05, 4.69) is 21.2 Å². The van der Waals surface area contributed by atoms with Gasteiger partial charge in [-0.25, -0.2) is 0 Å². The van der Waals surface area contributed by atoms with Gasteiger partial charge in [-0.05, 0) is 44.0 Å². The molecule has 0 aliphatic heterocycles. The zero-order valence-corrected chi connectivity index (χ0v) is 11.6. The first kappa shape index (κ1) is 14.0. The molecule has 0 bridgehead atoms. The zero-order valence-electron chi connectivity index (χ0n) is 10.0. The van der Waals surface area contributed by atoms with Gasteiger partial charge in [-0.15, -0.1) is 0 Å². The largest absolute Gasteiger partial charge is 0.494 e. The van der Waals surface area contributed by atoms with E-state index in [1.807, 2.05) is 19.1 Å². The van der Waals surface area contributed by atoms with E-state index in [0.717, 1.165) is 30.5 Å². The Morgan fingerprint density at radius 3 is 2.59 bits per heavy atom. The van der Waals surface area contributed by atoms with Crippen LogP contribution in [0.25, 0.3) is 0 Å². The monoisotopic (exact) mass is 299 g/mol. The fourth-order valence-corrected chi connectivity index (χ4v) is 1.79. The zero-order chi connectivity index (χ0) is 12.5. The van der Waals surface area contributed by atoms with E-state index < -0.39 is 0 Å². The van der Waals surface area contributed by atoms with Gasteiger partial charge in [0.15, 0.2) is 0 Å². The SMILES string of the molecule is CCOc1ccc(C(=O)NCCCCBr)cc1. The summed E-state index contributed by atoms with van der Waals surface area (Å²) in [6, 6.07) is 7.20. The van der Waals surface area contributed by atoms with Gasteiger partial charge < -0.3 is 10.1 Å². The van der Waals surface area contributed by atoms with Crippen LogP contribution in [0.2, 0.25) is 0 Å². The van der Waals surface area contributed by atoms with Crippen LogP contribution >= 0.6 is 15.9 Å². The van der Waals surface area contributed by atoms with Gasteiger partial charge in [0, 0.05) is 17.4 Å². The van der Waals surface area contributed by atoms with E-state index in [0.29, 0.717) is 12.2 Å². The second kappa shape index (κ2) is 8.12. The van der Waals surface area contributed by atoms with Crippen LogP contribution in [0.5, 0.6) is 5.75 Å². The normalized spacial score (nSPS) is 10.0. The van der Waals surface area contributed by atoms with Crippen LogP contribution in [-0.2, 0) is 0 Å². The third kappa shape index (κ3) is 5.22. The minimum Gasteiger partial charge on any atom is -0.494 e. The predicted octanol–water partition coefficient (Wildman–Crippen LogP) is 2.99. The Morgan fingerprint density at radius 1 is 1.29 bits per heavy atom. The molecule has 0 radical (unpaired) electrons. The molecule has 0 saturated carbocycles. The van der Waals surface area contributed by atoms with Crippen LogP contribution in [0.4, 0.5) is 0 Å². The van der Waals surface area contributed by atoms with Gasteiger partial charge in [-0.1, -0.05) is 15.9 Å². The number of halogens is 1. The minimum atomic E-state index is -0.0254. The lowest BCUT2D eigenvalue weighted by atomic mass is 10.2. The third-order valence-electron chi connectivity index (χ3n) is 2.27. The first-order chi connectivity index (χ1) is 8.27. The number of carbonyl (C=O) groups is 1. The maximum Gasteiger partial charge on any atom is 0.251 e. The van der Waals surface area contributed by atoms with Crippen molar-refractivity contribution in [3.63, 3.8) is 0 Å². The van der Waals surface area contributed by atoms with Crippen LogP contribution in [0.15, 0.2) is 24.3 Å². The average Bonchev–Trinajstić information content (AvgIpc) is 2.36. The maximum atomic E-state index is 11.7. The molecule has 0 fully saturated rings. The summed E-state index contributed by atoms with van der Waals surface area (Å²) < 4.78 is 5.32. The van der Waals surface area contributed by atoms with E-state index in [1.54, 1.807) is 12.1 Å². The number of ether oxygens (including phenoxy) is 1. The molecular weight excluding hydrogens is 282 g/mol. The molecule has 0 spiro atoms. The molecule has 0 heterocycles. The molecule has 1 amide bonds. The molecule has 1 aromatic carbocycles. The molecule has 0 aliphatic carbocycles. The molecule has 1 rings (SSSR count). The van der Waals surface area contributed by atoms with Crippen LogP contribution in [0, 0.1) is 0 Å². The Hall–Kier alpha value is -1.03. The summed E-state index contributed by atoms with van der Waals surface area (Å²) in [5, 5.41) is 3.86. The fraction of sp³-hybridized carbons (Fsp3) is 0.462. The summed E-state index contributed by atoms with van der Waals surface area (Å²) in [6.07, 6.45) is 2.07. The molecule has 0 aromatic heterocycles. The van der Waals surface area contributed by atoms with E-state index in [4.69, 9.17) is 4.74 Å². The first-order valence-electron chi connectivity index (χ1n) is 5.85. The lowest BCUT2D eigenvalue weighted by Crippen LogP contribution is -2.24. The molecule has 1 N–H and O–H groups in total. The number of hydrogen-bond donors (Lipinski definition) is 1. The molecule has 4 heteroatoms. The molecule has 17 heavy (non-hydrogen) atoms. The number of alkyl halides is 1. The van der Waals surface area contributed by atoms with Crippen LogP contribution in [-0.4, -0.2) is 24.4 Å². The Balaban J connectivity index is 2.40. The van der Waals surface area contributed by atoms with Gasteiger partial charge in [0.05, 0.1) is 6.61 Å². The highest BCUT2D eigenvalue weighted by atomic mass is 79.9. The van der Waals surface area contributed by atoms with Crippen LogP contribution < -0.4 is 10.1 Å². The topological polar surface area (TPSA) is 38.3 Å². The molecular formula is C13H18BrNO2. The van der Waals surface area contributed by atoms with Crippen molar-refractivity contribution in [3.8, 4) is 5.75 Å². The van der Waals surface area contributed by atoms with Gasteiger partial charge in [-0.3, -0.25) is 4.79 Å². The highest BCUT2D eigenvalue weighted by Crippen LogP contribution is 2.11. The summed E-state index contributed by atoms with van der Waals surface area (Å²) in [4.78, 5) is 11.7. The Kier molecular flexibility index (Phi) is 6.70. The van der Waals surface area contributed by atoms with Crippen molar-refractivity contribution in [1.82, 2.24) is 5.32 Å². The summed E-state index contributed by atoms with van der Waals surface area (Å²) >= 11 is 3.36. The number of amides is 1. The summed E-state index contributed by atoms with van der Waals surface area (Å²) in [5.74, 6) is 0.769. The lowest BCUT2D eigenvalue weighted by molar-refractivity contribution is 0.0953. The molecule has 1 aromatic rings. The second-order valence-corrected chi connectivity index (χ2v) is 4.40. The fourth-order valence-electron chi connectivity index (χ4n) is 1.39. The molecule has 0 saturated heterocycles. The van der Waals surface area contributed by atoms with Gasteiger partial charge in [0.1, 0.15) is 5.75 Å². The van der Waals surface area contributed by atoms with Crippen molar-refractivity contribution in [3.05, 3.63) is 29.8 Å². The highest BCUT2D eigenvalue weighted by Gasteiger charge is 2.04. The molecule has 94 valence electrons. The molecule has 0 unspecified atom stereocenters. The maximum absolute atomic E-state index is 11.7. The van der Waals surface area contributed by atoms with Crippen molar-refractivity contribution in [2.24, 2.45) is 0 Å². The standard InChI is InChI=1S/C13H18BrNO2/c1-2-17-12-7-5-11(6-8-12)13(16)15-10-4-3-9-14/h5-8H,2-4,9-10H2,1H3,(H,15,16). The second-order valence-electron chi connectivity index (χ2n) is 3.61. The number of hydrogen-bond acceptors (Lipinski definition) is 2. The molecule has 3 nitrogen and oxygen atoms in total. The molecule has 0 aliphatic rings. The number of rotatable bonds is 7. The number of carbonyl (C=O) groups excluding carboxylic acids is 1. The van der Waals surface area contributed by atoms with Crippen molar-refractivity contribution in [1.29, 1.82) is 0 Å². The van der Waals surface area contributed by atoms with Crippen LogP contribution in [0.3, 0.4) is 0 Å². The predicted molar refractivity (Wildman–Crippen MR) is 73.0 cm³/mol. The third-order valence-corrected chi connectivity index (χ3v) is 2.83. The quantitative estimate of drug-likeness (QED) is 0.621. The van der Waals surface area contributed by atoms with E-state index in [1.165, 1.54) is 0 Å². The first-order valence-corrected chi connectivity index (χ1v) is 6.97. The van der Waals surface area contributed by atoms with Crippen molar-refractivity contribution < 1.29 is 9.53 Å². The minimum absolute atomic E-state index is 0.0254. The summed E-state index contributed by atoms with van der Waals surface area (Å²) in [7, 11) is 0. The Morgan fingerprint density at radius 2 is 2.00 bits per heavy atom. The van der Waals surface area contributed by atoms with Gasteiger partial charge in [0.2, 0.25) is 0 Å². The van der Waals surface area contributed by atoms with Gasteiger partial charge in [0.25, 0.3) is 5.91 Å². The smallest absolute Gasteiger partial charge is 0.251 e. The van der Waals surface area contributed by atoms with E-state index in [9.17, 15) is 4.79 Å². The molecule has 0 atom stereocenters. The van der Waals surface area contributed by atoms with Crippen LogP contribution in [0.1, 0.15) is 30.1 Å². The number of nitrogens with one attached hydrogen (secondary N) is 1. The highest BCUT2D eigenvalue weighted by molar-refractivity contribution is 9.09. The number of benzene rings is 1. The summed E-state index contributed by atoms with van der Waals surface area (Å²) in [6.45, 7) is 3.29. The lowest BCUT2D eigenvalue weighted by Gasteiger charge is -2.06. The van der Waals surface area contributed by atoms with Gasteiger partial charge in [-0.2, -0.15) is 0 Å². The van der Waals surface area contributed by atoms with Crippen molar-refractivity contribution in [2.45, 2.75) is 19.8 Å². The van der Waals surface area contributed by atoms with Crippen molar-refractivity contribution >= 4 is 21.8 Å². The Bertz CT molecular complexity index is 338. The van der Waals surface area contributed by atoms with Crippen molar-refractivity contribution in [2.75, 3.05) is 18.5 Å². The Labute approximate surface area is 111 Å². The summed E-state index contributed by atoms with van der Waals surface area (Å²) in [5.41, 5.74) is 0.673.